The first kappa shape index (κ1) is 22.2. The minimum absolute atomic E-state index is 0.0346. The second-order valence-corrected chi connectivity index (χ2v) is 9.26. The predicted molar refractivity (Wildman–Crippen MR) is 124 cm³/mol. The van der Waals surface area contributed by atoms with Crippen LogP contribution in [0.15, 0.2) is 36.5 Å². The number of aromatic nitrogens is 1. The lowest BCUT2D eigenvalue weighted by Crippen LogP contribution is -2.36. The Morgan fingerprint density at radius 2 is 1.97 bits per heavy atom. The highest BCUT2D eigenvalue weighted by Gasteiger charge is 2.36. The Labute approximate surface area is 198 Å². The van der Waals surface area contributed by atoms with E-state index in [1.807, 2.05) is 12.1 Å². The fraction of sp³-hybridized carbons (Fsp3) is 0.440. The molecule has 1 atom stereocenters. The maximum absolute atomic E-state index is 13.0. The van der Waals surface area contributed by atoms with Gasteiger partial charge in [-0.25, -0.2) is 4.98 Å². The fourth-order valence-corrected chi connectivity index (χ4v) is 4.14. The molecule has 34 heavy (non-hydrogen) atoms. The van der Waals surface area contributed by atoms with Crippen molar-refractivity contribution in [1.82, 2.24) is 14.8 Å². The fourth-order valence-electron chi connectivity index (χ4n) is 4.14. The minimum atomic E-state index is -0.613. The third kappa shape index (κ3) is 4.55. The van der Waals surface area contributed by atoms with Crippen LogP contribution in [-0.2, 0) is 16.1 Å². The number of pyridine rings is 1. The monoisotopic (exact) mass is 464 g/mol. The van der Waals surface area contributed by atoms with E-state index in [0.717, 1.165) is 5.56 Å². The molecule has 1 aliphatic carbocycles. The number of nitrogens with zero attached hydrogens (tertiary/aromatic N) is 4. The molecule has 3 aliphatic rings. The van der Waals surface area contributed by atoms with Gasteiger partial charge < -0.3 is 24.2 Å². The van der Waals surface area contributed by atoms with Crippen LogP contribution in [0.3, 0.4) is 0 Å². The van der Waals surface area contributed by atoms with Gasteiger partial charge >= 0.3 is 0 Å². The van der Waals surface area contributed by atoms with E-state index in [2.05, 4.69) is 4.98 Å². The minimum Gasteiger partial charge on any atom is -0.479 e. The highest BCUT2D eigenvalue weighted by atomic mass is 16.5. The van der Waals surface area contributed by atoms with Gasteiger partial charge in [0.25, 0.3) is 11.8 Å². The Hall–Kier alpha value is -3.62. The molecule has 2 aliphatic heterocycles. The van der Waals surface area contributed by atoms with Gasteiger partial charge in [0.05, 0.1) is 12.8 Å². The molecule has 1 aromatic heterocycles. The molecule has 5 rings (SSSR count). The molecular weight excluding hydrogens is 436 g/mol. The molecule has 1 saturated carbocycles. The third-order valence-corrected chi connectivity index (χ3v) is 6.42. The zero-order chi connectivity index (χ0) is 23.8. The molecule has 9 heteroatoms. The zero-order valence-corrected chi connectivity index (χ0v) is 19.4. The SMILES string of the molecule is CN(C)C(=O)CN1Cc2ccc(N3CCC(Oc4ccc(OCC5CC5)nc4)C3=O)cc2C1=O. The van der Waals surface area contributed by atoms with E-state index in [1.54, 1.807) is 43.4 Å². The molecular formula is C25H28N4O5. The third-order valence-electron chi connectivity index (χ3n) is 6.42. The van der Waals surface area contributed by atoms with Crippen LogP contribution in [0.2, 0.25) is 0 Å². The van der Waals surface area contributed by atoms with Crippen molar-refractivity contribution in [2.24, 2.45) is 5.92 Å². The first-order valence-corrected chi connectivity index (χ1v) is 11.6. The molecule has 178 valence electrons. The predicted octanol–water partition coefficient (Wildman–Crippen LogP) is 2.10. The number of benzene rings is 1. The van der Waals surface area contributed by atoms with Crippen molar-refractivity contribution in [3.8, 4) is 11.6 Å². The quantitative estimate of drug-likeness (QED) is 0.594. The molecule has 0 radical (unpaired) electrons. The van der Waals surface area contributed by atoms with Crippen molar-refractivity contribution in [2.45, 2.75) is 31.9 Å². The first-order chi connectivity index (χ1) is 16.4. The van der Waals surface area contributed by atoms with Crippen molar-refractivity contribution < 1.29 is 23.9 Å². The Balaban J connectivity index is 1.21. The van der Waals surface area contributed by atoms with E-state index in [1.165, 1.54) is 22.6 Å². The van der Waals surface area contributed by atoms with Gasteiger partial charge in [0.2, 0.25) is 11.8 Å². The molecule has 2 aromatic rings. The molecule has 9 nitrogen and oxygen atoms in total. The standard InChI is InChI=1S/C25H28N4O5/c1-27(2)23(30)14-28-13-17-5-6-18(11-20(17)24(28)31)29-10-9-21(25(29)32)34-19-7-8-22(26-12-19)33-15-16-3-4-16/h5-8,11-12,16,21H,3-4,9-10,13-15H2,1-2H3. The first-order valence-electron chi connectivity index (χ1n) is 11.6. The average Bonchev–Trinajstić information content (AvgIpc) is 3.53. The Bertz CT molecular complexity index is 1110. The molecule has 0 bridgehead atoms. The number of hydrogen-bond donors (Lipinski definition) is 0. The highest BCUT2D eigenvalue weighted by Crippen LogP contribution is 2.31. The van der Waals surface area contributed by atoms with Crippen molar-refractivity contribution in [3.05, 3.63) is 47.7 Å². The number of amides is 3. The second-order valence-electron chi connectivity index (χ2n) is 9.26. The summed E-state index contributed by atoms with van der Waals surface area (Å²) in [5, 5.41) is 0. The van der Waals surface area contributed by atoms with E-state index < -0.39 is 6.10 Å². The zero-order valence-electron chi connectivity index (χ0n) is 19.4. The number of carbonyl (C=O) groups excluding carboxylic acids is 3. The summed E-state index contributed by atoms with van der Waals surface area (Å²) in [6.45, 7) is 1.61. The lowest BCUT2D eigenvalue weighted by molar-refractivity contribution is -0.129. The van der Waals surface area contributed by atoms with Crippen LogP contribution in [-0.4, -0.2) is 72.4 Å². The van der Waals surface area contributed by atoms with Gasteiger partial charge in [-0.3, -0.25) is 14.4 Å². The van der Waals surface area contributed by atoms with Crippen LogP contribution < -0.4 is 14.4 Å². The van der Waals surface area contributed by atoms with Crippen molar-refractivity contribution in [1.29, 1.82) is 0 Å². The summed E-state index contributed by atoms with van der Waals surface area (Å²) in [7, 11) is 3.33. The maximum atomic E-state index is 13.0. The highest BCUT2D eigenvalue weighted by molar-refractivity contribution is 6.03. The summed E-state index contributed by atoms with van der Waals surface area (Å²) < 4.78 is 11.5. The lowest BCUT2D eigenvalue weighted by Gasteiger charge is -2.18. The topological polar surface area (TPSA) is 92.3 Å². The van der Waals surface area contributed by atoms with E-state index >= 15 is 0 Å². The number of anilines is 1. The molecule has 2 fully saturated rings. The van der Waals surface area contributed by atoms with Crippen LogP contribution in [0, 0.1) is 5.92 Å². The molecule has 0 spiro atoms. The van der Waals surface area contributed by atoms with Gasteiger partial charge in [-0.05, 0) is 42.5 Å². The summed E-state index contributed by atoms with van der Waals surface area (Å²) in [6.07, 6.45) is 3.93. The molecule has 3 heterocycles. The number of hydrogen-bond acceptors (Lipinski definition) is 6. The molecule has 3 amide bonds. The summed E-state index contributed by atoms with van der Waals surface area (Å²) in [6, 6.07) is 8.97. The largest absolute Gasteiger partial charge is 0.479 e. The number of fused-ring (bicyclic) bond motifs is 1. The van der Waals surface area contributed by atoms with Crippen molar-refractivity contribution in [2.75, 3.05) is 38.7 Å². The van der Waals surface area contributed by atoms with Gasteiger partial charge in [0.1, 0.15) is 12.3 Å². The van der Waals surface area contributed by atoms with E-state index in [4.69, 9.17) is 9.47 Å². The van der Waals surface area contributed by atoms with Gasteiger partial charge in [-0.15, -0.1) is 0 Å². The van der Waals surface area contributed by atoms with Crippen LogP contribution >= 0.6 is 0 Å². The van der Waals surface area contributed by atoms with Crippen molar-refractivity contribution in [3.63, 3.8) is 0 Å². The summed E-state index contributed by atoms with van der Waals surface area (Å²) in [5.41, 5.74) is 2.05. The lowest BCUT2D eigenvalue weighted by atomic mass is 10.1. The van der Waals surface area contributed by atoms with Crippen LogP contribution in [0.5, 0.6) is 11.6 Å². The number of likely N-dealkylation sites (N-methyl/N-ethyl adjacent to an activating group) is 1. The maximum Gasteiger partial charge on any atom is 0.268 e. The van der Waals surface area contributed by atoms with Crippen LogP contribution in [0.4, 0.5) is 5.69 Å². The Morgan fingerprint density at radius 1 is 1.15 bits per heavy atom. The summed E-state index contributed by atoms with van der Waals surface area (Å²) in [4.78, 5) is 46.8. The molecule has 1 unspecified atom stereocenters. The number of rotatable bonds is 8. The average molecular weight is 465 g/mol. The number of carbonyl (C=O) groups is 3. The Kier molecular flexibility index (Phi) is 5.85. The normalized spacial score (nSPS) is 19.4. The molecule has 1 saturated heterocycles. The van der Waals surface area contributed by atoms with Crippen LogP contribution in [0.25, 0.3) is 0 Å². The smallest absolute Gasteiger partial charge is 0.268 e. The second kappa shape index (κ2) is 8.96. The molecule has 1 aromatic carbocycles. The molecule has 0 N–H and O–H groups in total. The van der Waals surface area contributed by atoms with Gasteiger partial charge in [0.15, 0.2) is 6.10 Å². The van der Waals surface area contributed by atoms with E-state index in [9.17, 15) is 14.4 Å². The van der Waals surface area contributed by atoms with Gasteiger partial charge in [-0.2, -0.15) is 0 Å². The van der Waals surface area contributed by atoms with Crippen LogP contribution in [0.1, 0.15) is 35.2 Å². The van der Waals surface area contributed by atoms with Gasteiger partial charge in [0, 0.05) is 50.9 Å². The van der Waals surface area contributed by atoms with E-state index in [-0.39, 0.29) is 24.3 Å². The number of ether oxygens (including phenoxy) is 2. The van der Waals surface area contributed by atoms with Gasteiger partial charge in [-0.1, -0.05) is 6.07 Å². The van der Waals surface area contributed by atoms with Crippen molar-refractivity contribution >= 4 is 23.4 Å². The summed E-state index contributed by atoms with van der Waals surface area (Å²) in [5.74, 6) is 1.25. The summed E-state index contributed by atoms with van der Waals surface area (Å²) >= 11 is 0. The Morgan fingerprint density at radius 3 is 2.68 bits per heavy atom. The van der Waals surface area contributed by atoms with E-state index in [0.29, 0.717) is 54.9 Å².